The molecule has 0 unspecified atom stereocenters. The normalized spacial score (nSPS) is 36.8. The minimum atomic E-state index is -0.825. The highest BCUT2D eigenvalue weighted by Crippen LogP contribution is 2.63. The Kier molecular flexibility index (Phi) is 4.10. The van der Waals surface area contributed by atoms with Gasteiger partial charge in [-0.25, -0.2) is 4.79 Å². The Balaban J connectivity index is 2.00. The molecule has 4 rings (SSSR count). The summed E-state index contributed by atoms with van der Waals surface area (Å²) in [5, 5.41) is 28.4. The van der Waals surface area contributed by atoms with Crippen LogP contribution in [0.1, 0.15) is 51.4 Å². The van der Waals surface area contributed by atoms with Crippen LogP contribution in [0.4, 0.5) is 0 Å². The van der Waals surface area contributed by atoms with Gasteiger partial charge >= 0.3 is 5.97 Å². The number of hydrogen-bond donors (Lipinski definition) is 3. The minimum Gasteiger partial charge on any atom is -0.478 e. The highest BCUT2D eigenvalue weighted by atomic mass is 16.4. The molecule has 21 heavy (non-hydrogen) atoms. The molecule has 0 amide bonds. The van der Waals surface area contributed by atoms with Gasteiger partial charge in [0.05, 0.1) is 0 Å². The Labute approximate surface area is 125 Å². The summed E-state index contributed by atoms with van der Waals surface area (Å²) in [7, 11) is 0. The van der Waals surface area contributed by atoms with Crippen LogP contribution in [0.15, 0.2) is 11.1 Å². The molecular weight excluding hydrogens is 268 g/mol. The quantitative estimate of drug-likeness (QED) is 0.657. The van der Waals surface area contributed by atoms with E-state index in [-0.39, 0.29) is 18.6 Å². The first-order valence-electron chi connectivity index (χ1n) is 8.25. The average molecular weight is 294 g/mol. The number of carboxylic acid groups (broad SMARTS) is 1. The summed E-state index contributed by atoms with van der Waals surface area (Å²) in [6, 6.07) is 0. The summed E-state index contributed by atoms with van der Waals surface area (Å²) < 4.78 is 0. The molecule has 0 aliphatic heterocycles. The van der Waals surface area contributed by atoms with Crippen molar-refractivity contribution in [1.82, 2.24) is 0 Å². The Morgan fingerprint density at radius 1 is 0.905 bits per heavy atom. The molecule has 4 heteroatoms. The van der Waals surface area contributed by atoms with E-state index in [1.807, 2.05) is 0 Å². The fourth-order valence-electron chi connectivity index (χ4n) is 5.81. The van der Waals surface area contributed by atoms with Crippen molar-refractivity contribution in [3.63, 3.8) is 0 Å². The Bertz CT molecular complexity index is 408. The fourth-order valence-corrected chi connectivity index (χ4v) is 5.81. The molecule has 4 aliphatic carbocycles. The zero-order valence-corrected chi connectivity index (χ0v) is 12.6. The molecule has 0 saturated heterocycles. The second-order valence-electron chi connectivity index (χ2n) is 7.43. The lowest BCUT2D eigenvalue weighted by atomic mass is 9.47. The van der Waals surface area contributed by atoms with Gasteiger partial charge in [-0.05, 0) is 69.1 Å². The van der Waals surface area contributed by atoms with Crippen molar-refractivity contribution in [2.24, 2.45) is 23.2 Å². The molecule has 0 spiro atoms. The first-order valence-corrected chi connectivity index (χ1v) is 8.25. The van der Waals surface area contributed by atoms with Gasteiger partial charge in [0, 0.05) is 24.2 Å². The molecule has 4 saturated carbocycles. The second kappa shape index (κ2) is 5.73. The predicted molar refractivity (Wildman–Crippen MR) is 78.7 cm³/mol. The number of aliphatic hydroxyl groups excluding tert-OH is 2. The van der Waals surface area contributed by atoms with Crippen LogP contribution in [-0.2, 0) is 4.79 Å². The minimum absolute atomic E-state index is 0.0432. The summed E-state index contributed by atoms with van der Waals surface area (Å²) >= 11 is 0. The first-order chi connectivity index (χ1) is 10.1. The van der Waals surface area contributed by atoms with Gasteiger partial charge in [0.25, 0.3) is 0 Å². The highest BCUT2D eigenvalue weighted by molar-refractivity contribution is 5.89. The molecule has 4 aliphatic rings. The van der Waals surface area contributed by atoms with Gasteiger partial charge in [-0.15, -0.1) is 0 Å². The number of aliphatic carboxylic acids is 1. The van der Waals surface area contributed by atoms with Crippen molar-refractivity contribution in [3.05, 3.63) is 11.1 Å². The number of hydrogen-bond acceptors (Lipinski definition) is 3. The zero-order chi connectivity index (χ0) is 15.0. The first kappa shape index (κ1) is 15.0. The average Bonchev–Trinajstić information content (AvgIpc) is 2.36. The summed E-state index contributed by atoms with van der Waals surface area (Å²) in [5.74, 6) is 1.24. The van der Waals surface area contributed by atoms with E-state index in [4.69, 9.17) is 0 Å². The van der Waals surface area contributed by atoms with Gasteiger partial charge in [0.1, 0.15) is 0 Å². The van der Waals surface area contributed by atoms with Crippen LogP contribution >= 0.6 is 0 Å². The Morgan fingerprint density at radius 2 is 1.33 bits per heavy atom. The third-order valence-electron chi connectivity index (χ3n) is 5.96. The van der Waals surface area contributed by atoms with Gasteiger partial charge < -0.3 is 15.3 Å². The van der Waals surface area contributed by atoms with Crippen molar-refractivity contribution in [1.29, 1.82) is 0 Å². The molecule has 4 fully saturated rings. The molecule has 4 nitrogen and oxygen atoms in total. The van der Waals surface area contributed by atoms with E-state index in [2.05, 4.69) is 0 Å². The lowest BCUT2D eigenvalue weighted by Gasteiger charge is -2.57. The molecule has 118 valence electrons. The monoisotopic (exact) mass is 294 g/mol. The molecule has 0 atom stereocenters. The van der Waals surface area contributed by atoms with Crippen LogP contribution in [0.25, 0.3) is 0 Å². The second-order valence-corrected chi connectivity index (χ2v) is 7.43. The van der Waals surface area contributed by atoms with Gasteiger partial charge in [0.15, 0.2) is 0 Å². The number of rotatable bonds is 6. The van der Waals surface area contributed by atoms with E-state index in [9.17, 15) is 20.1 Å². The van der Waals surface area contributed by atoms with Crippen molar-refractivity contribution >= 4 is 5.97 Å². The van der Waals surface area contributed by atoms with Crippen LogP contribution in [-0.4, -0.2) is 34.5 Å². The van der Waals surface area contributed by atoms with Crippen LogP contribution in [0, 0.1) is 23.2 Å². The maximum Gasteiger partial charge on any atom is 0.332 e. The van der Waals surface area contributed by atoms with Crippen molar-refractivity contribution in [3.8, 4) is 0 Å². The SMILES string of the molecule is O=C(O)C(=C(CCO)CCO)C12CC3CC(CC(C3)C1)C2. The van der Waals surface area contributed by atoms with Gasteiger partial charge in [-0.3, -0.25) is 0 Å². The molecule has 0 aromatic heterocycles. The maximum absolute atomic E-state index is 12.0. The van der Waals surface area contributed by atoms with Crippen LogP contribution in [0.5, 0.6) is 0 Å². The van der Waals surface area contributed by atoms with Crippen LogP contribution in [0.2, 0.25) is 0 Å². The largest absolute Gasteiger partial charge is 0.478 e. The van der Waals surface area contributed by atoms with Gasteiger partial charge in [-0.1, -0.05) is 5.57 Å². The Hall–Kier alpha value is -0.870. The maximum atomic E-state index is 12.0. The van der Waals surface area contributed by atoms with Gasteiger partial charge in [0.2, 0.25) is 0 Å². The van der Waals surface area contributed by atoms with Crippen LogP contribution in [0.3, 0.4) is 0 Å². The summed E-state index contributed by atoms with van der Waals surface area (Å²) in [4.78, 5) is 12.0. The van der Waals surface area contributed by atoms with Gasteiger partial charge in [-0.2, -0.15) is 0 Å². The lowest BCUT2D eigenvalue weighted by Crippen LogP contribution is -2.48. The molecular formula is C17H26O4. The van der Waals surface area contributed by atoms with E-state index < -0.39 is 5.97 Å². The molecule has 4 bridgehead atoms. The predicted octanol–water partition coefficient (Wildman–Crippen LogP) is 2.35. The van der Waals surface area contributed by atoms with E-state index in [1.54, 1.807) is 0 Å². The summed E-state index contributed by atoms with van der Waals surface area (Å²) in [5.41, 5.74) is 1.14. The molecule has 0 radical (unpaired) electrons. The number of carboxylic acids is 1. The lowest BCUT2D eigenvalue weighted by molar-refractivity contribution is -0.136. The fraction of sp³-hybridized carbons (Fsp3) is 0.824. The molecule has 3 N–H and O–H groups in total. The topological polar surface area (TPSA) is 77.8 Å². The Morgan fingerprint density at radius 3 is 1.67 bits per heavy atom. The van der Waals surface area contributed by atoms with Crippen molar-refractivity contribution in [2.75, 3.05) is 13.2 Å². The van der Waals surface area contributed by atoms with E-state index in [1.165, 1.54) is 19.3 Å². The summed E-state index contributed by atoms with van der Waals surface area (Å²) in [6.45, 7) is -0.0864. The number of aliphatic hydroxyl groups is 2. The van der Waals surface area contributed by atoms with E-state index in [0.29, 0.717) is 36.2 Å². The molecule has 0 heterocycles. The van der Waals surface area contributed by atoms with Crippen LogP contribution < -0.4 is 0 Å². The molecule has 0 aromatic rings. The third kappa shape index (κ3) is 2.64. The zero-order valence-electron chi connectivity index (χ0n) is 12.6. The van der Waals surface area contributed by atoms with Crippen molar-refractivity contribution < 1.29 is 20.1 Å². The summed E-state index contributed by atoms with van der Waals surface area (Å²) in [6.07, 6.45) is 7.60. The third-order valence-corrected chi connectivity index (χ3v) is 5.96. The highest BCUT2D eigenvalue weighted by Gasteiger charge is 2.54. The standard InChI is InChI=1S/C17H26O4/c18-3-1-14(2-4-19)15(16(20)21)17-8-11-5-12(9-17)7-13(6-11)10-17/h11-13,18-19H,1-10H2,(H,20,21). The number of carbonyl (C=O) groups is 1. The smallest absolute Gasteiger partial charge is 0.332 e. The van der Waals surface area contributed by atoms with E-state index >= 15 is 0 Å². The van der Waals surface area contributed by atoms with E-state index in [0.717, 1.165) is 24.8 Å². The van der Waals surface area contributed by atoms with Crippen molar-refractivity contribution in [2.45, 2.75) is 51.4 Å². The molecule has 0 aromatic carbocycles.